The molecule has 1 aliphatic heterocycles. The number of likely N-dealkylation sites (tertiary alicyclic amines) is 1. The number of nitrogens with zero attached hydrogens (tertiary/aromatic N) is 3. The zero-order chi connectivity index (χ0) is 17.9. The van der Waals surface area contributed by atoms with Crippen molar-refractivity contribution in [2.75, 3.05) is 23.7 Å². The van der Waals surface area contributed by atoms with E-state index in [1.54, 1.807) is 32.9 Å². The Hall–Kier alpha value is -2.51. The van der Waals surface area contributed by atoms with E-state index < -0.39 is 17.8 Å². The Morgan fingerprint density at radius 2 is 2.12 bits per heavy atom. The molecule has 2 heterocycles. The van der Waals surface area contributed by atoms with Crippen molar-refractivity contribution in [1.82, 2.24) is 9.88 Å². The average molecular weight is 336 g/mol. The maximum absolute atomic E-state index is 12.7. The van der Waals surface area contributed by atoms with Crippen LogP contribution in [0.1, 0.15) is 33.6 Å². The van der Waals surface area contributed by atoms with Gasteiger partial charge in [0.05, 0.1) is 17.9 Å². The fraction of sp³-hybridized carbons (Fsp3) is 0.562. The number of anilines is 2. The number of nitrogens with two attached hydrogens (primary N) is 1. The lowest BCUT2D eigenvalue weighted by Crippen LogP contribution is -2.52. The van der Waals surface area contributed by atoms with Gasteiger partial charge >= 0.3 is 12.2 Å². The fourth-order valence-electron chi connectivity index (χ4n) is 2.66. The van der Waals surface area contributed by atoms with Crippen LogP contribution in [0.15, 0.2) is 18.3 Å². The minimum Gasteiger partial charge on any atom is -0.465 e. The number of carboxylic acid groups (broad SMARTS) is 1. The monoisotopic (exact) mass is 336 g/mol. The molecule has 132 valence electrons. The quantitative estimate of drug-likeness (QED) is 0.859. The summed E-state index contributed by atoms with van der Waals surface area (Å²) in [6.07, 6.45) is 1.36. The van der Waals surface area contributed by atoms with Crippen molar-refractivity contribution in [3.05, 3.63) is 18.3 Å². The van der Waals surface area contributed by atoms with E-state index in [4.69, 9.17) is 10.5 Å². The molecule has 1 aromatic rings. The van der Waals surface area contributed by atoms with Gasteiger partial charge in [0, 0.05) is 13.1 Å². The Morgan fingerprint density at radius 1 is 1.42 bits per heavy atom. The molecule has 8 nitrogen and oxygen atoms in total. The van der Waals surface area contributed by atoms with Gasteiger partial charge in [-0.15, -0.1) is 0 Å². The van der Waals surface area contributed by atoms with E-state index in [9.17, 15) is 14.7 Å². The van der Waals surface area contributed by atoms with Gasteiger partial charge in [-0.2, -0.15) is 0 Å². The molecular formula is C16H24N4O4. The predicted molar refractivity (Wildman–Crippen MR) is 90.0 cm³/mol. The fourth-order valence-corrected chi connectivity index (χ4v) is 2.66. The normalized spacial score (nSPS) is 18.1. The topological polar surface area (TPSA) is 109 Å². The summed E-state index contributed by atoms with van der Waals surface area (Å²) >= 11 is 0. The number of aromatic nitrogens is 1. The molecule has 0 aliphatic carbocycles. The van der Waals surface area contributed by atoms with Gasteiger partial charge in [-0.1, -0.05) is 0 Å². The number of carbonyl (C=O) groups excluding carboxylic acids is 1. The highest BCUT2D eigenvalue weighted by molar-refractivity contribution is 5.88. The number of ether oxygens (including phenoxy) is 1. The third-order valence-electron chi connectivity index (χ3n) is 3.67. The average Bonchev–Trinajstić information content (AvgIpc) is 2.48. The molecule has 2 amide bonds. The van der Waals surface area contributed by atoms with Gasteiger partial charge in [0.1, 0.15) is 11.4 Å². The molecule has 0 spiro atoms. The van der Waals surface area contributed by atoms with Crippen LogP contribution in [0, 0.1) is 0 Å². The second-order valence-corrected chi connectivity index (χ2v) is 6.82. The van der Waals surface area contributed by atoms with Crippen molar-refractivity contribution in [3.8, 4) is 0 Å². The molecule has 8 heteroatoms. The van der Waals surface area contributed by atoms with Crippen molar-refractivity contribution in [3.63, 3.8) is 0 Å². The van der Waals surface area contributed by atoms with E-state index in [-0.39, 0.29) is 12.6 Å². The summed E-state index contributed by atoms with van der Waals surface area (Å²) in [6, 6.07) is 2.98. The summed E-state index contributed by atoms with van der Waals surface area (Å²) in [5, 5.41) is 9.23. The van der Waals surface area contributed by atoms with E-state index in [0.29, 0.717) is 30.9 Å². The first-order chi connectivity index (χ1) is 11.2. The van der Waals surface area contributed by atoms with Gasteiger partial charge in [-0.05, 0) is 45.7 Å². The maximum atomic E-state index is 12.7. The molecule has 1 aromatic heterocycles. The van der Waals surface area contributed by atoms with Crippen molar-refractivity contribution >= 4 is 23.7 Å². The Kier molecular flexibility index (Phi) is 5.16. The van der Waals surface area contributed by atoms with E-state index in [1.165, 1.54) is 16.0 Å². The highest BCUT2D eigenvalue weighted by atomic mass is 16.6. The van der Waals surface area contributed by atoms with Crippen molar-refractivity contribution < 1.29 is 19.4 Å². The van der Waals surface area contributed by atoms with Gasteiger partial charge in [-0.25, -0.2) is 14.6 Å². The van der Waals surface area contributed by atoms with E-state index in [0.717, 1.165) is 0 Å². The van der Waals surface area contributed by atoms with Crippen LogP contribution in [0.3, 0.4) is 0 Å². The molecule has 0 bridgehead atoms. The molecular weight excluding hydrogens is 312 g/mol. The zero-order valence-electron chi connectivity index (χ0n) is 14.2. The van der Waals surface area contributed by atoms with Crippen molar-refractivity contribution in [2.45, 2.75) is 45.3 Å². The number of rotatable bonds is 2. The number of nitrogen functional groups attached to an aromatic ring is 1. The molecule has 0 unspecified atom stereocenters. The molecule has 1 atom stereocenters. The second-order valence-electron chi connectivity index (χ2n) is 6.82. The Morgan fingerprint density at radius 3 is 2.67 bits per heavy atom. The van der Waals surface area contributed by atoms with Crippen LogP contribution >= 0.6 is 0 Å². The van der Waals surface area contributed by atoms with Gasteiger partial charge in [-0.3, -0.25) is 4.90 Å². The minimum atomic E-state index is -0.987. The lowest BCUT2D eigenvalue weighted by molar-refractivity contribution is 0.0541. The van der Waals surface area contributed by atoms with E-state index in [1.807, 2.05) is 0 Å². The summed E-state index contributed by atoms with van der Waals surface area (Å²) in [4.78, 5) is 30.8. The second kappa shape index (κ2) is 6.94. The van der Waals surface area contributed by atoms with Crippen LogP contribution in [-0.4, -0.2) is 51.9 Å². The lowest BCUT2D eigenvalue weighted by Gasteiger charge is -2.38. The summed E-state index contributed by atoms with van der Waals surface area (Å²) in [5.41, 5.74) is 5.50. The van der Waals surface area contributed by atoms with Crippen molar-refractivity contribution in [1.29, 1.82) is 0 Å². The highest BCUT2D eigenvalue weighted by Gasteiger charge is 2.34. The standard InChI is InChI=1S/C16H24N4O4/c1-16(2,3)24-15(23)20(11-6-7-13(17)18-9-11)12-5-4-8-19(10-12)14(21)22/h6-7,9,12H,4-5,8,10H2,1-3H3,(H2,17,18)(H,21,22)/t12-/m1/s1. The van der Waals surface area contributed by atoms with Gasteiger partial charge in [0.15, 0.2) is 0 Å². The molecule has 1 saturated heterocycles. The first-order valence-corrected chi connectivity index (χ1v) is 7.89. The van der Waals surface area contributed by atoms with Crippen LogP contribution in [0.2, 0.25) is 0 Å². The summed E-state index contributed by atoms with van der Waals surface area (Å²) in [7, 11) is 0. The number of hydrogen-bond donors (Lipinski definition) is 2. The zero-order valence-corrected chi connectivity index (χ0v) is 14.2. The smallest absolute Gasteiger partial charge is 0.415 e. The van der Waals surface area contributed by atoms with Crippen molar-refractivity contribution in [2.24, 2.45) is 0 Å². The Bertz CT molecular complexity index is 597. The molecule has 1 fully saturated rings. The van der Waals surface area contributed by atoms with E-state index in [2.05, 4.69) is 4.98 Å². The first kappa shape index (κ1) is 17.8. The molecule has 2 rings (SSSR count). The van der Waals surface area contributed by atoms with E-state index >= 15 is 0 Å². The SMILES string of the molecule is CC(C)(C)OC(=O)N(c1ccc(N)nc1)[C@@H]1CCCN(C(=O)O)C1. The van der Waals surface area contributed by atoms with Gasteiger partial charge in [0.25, 0.3) is 0 Å². The minimum absolute atomic E-state index is 0.235. The molecule has 0 aromatic carbocycles. The molecule has 0 radical (unpaired) electrons. The number of piperidine rings is 1. The highest BCUT2D eigenvalue weighted by Crippen LogP contribution is 2.25. The lowest BCUT2D eigenvalue weighted by atomic mass is 10.0. The molecule has 24 heavy (non-hydrogen) atoms. The summed E-state index contributed by atoms with van der Waals surface area (Å²) < 4.78 is 5.50. The number of hydrogen-bond acceptors (Lipinski definition) is 5. The molecule has 1 aliphatic rings. The Balaban J connectivity index is 2.29. The third-order valence-corrected chi connectivity index (χ3v) is 3.67. The molecule has 3 N–H and O–H groups in total. The van der Waals surface area contributed by atoms with Crippen LogP contribution in [0.4, 0.5) is 21.1 Å². The number of carbonyl (C=O) groups is 2. The van der Waals surface area contributed by atoms with Gasteiger partial charge < -0.3 is 20.5 Å². The maximum Gasteiger partial charge on any atom is 0.415 e. The van der Waals surface area contributed by atoms with Gasteiger partial charge in [0.2, 0.25) is 0 Å². The largest absolute Gasteiger partial charge is 0.465 e. The van der Waals surface area contributed by atoms with Crippen LogP contribution in [0.25, 0.3) is 0 Å². The third kappa shape index (κ3) is 4.50. The van der Waals surface area contributed by atoms with Crippen LogP contribution in [0.5, 0.6) is 0 Å². The van der Waals surface area contributed by atoms with Crippen LogP contribution in [-0.2, 0) is 4.74 Å². The van der Waals surface area contributed by atoms with Crippen LogP contribution < -0.4 is 10.6 Å². The summed E-state index contributed by atoms with van der Waals surface area (Å²) in [5.74, 6) is 0.346. The number of amides is 2. The summed E-state index contributed by atoms with van der Waals surface area (Å²) in [6.45, 7) is 6.06. The molecule has 0 saturated carbocycles. The number of pyridine rings is 1. The predicted octanol–water partition coefficient (Wildman–Crippen LogP) is 2.55. The Labute approximate surface area is 141 Å². The first-order valence-electron chi connectivity index (χ1n) is 7.89.